The zero-order valence-corrected chi connectivity index (χ0v) is 12.1. The van der Waals surface area contributed by atoms with E-state index in [4.69, 9.17) is 10.3 Å². The minimum absolute atomic E-state index is 0.174. The second-order valence-corrected chi connectivity index (χ2v) is 5.27. The molecule has 0 bridgehead atoms. The molecule has 0 amide bonds. The van der Waals surface area contributed by atoms with Gasteiger partial charge in [-0.3, -0.25) is 16.0 Å². The number of hydrogen-bond donors (Lipinski definition) is 2. The van der Waals surface area contributed by atoms with E-state index in [0.29, 0.717) is 0 Å². The van der Waals surface area contributed by atoms with Crippen molar-refractivity contribution in [3.8, 4) is 0 Å². The van der Waals surface area contributed by atoms with Gasteiger partial charge in [0.05, 0.1) is 17.5 Å². The molecule has 21 heavy (non-hydrogen) atoms. The highest BCUT2D eigenvalue weighted by molar-refractivity contribution is 5.81. The number of nitrogens with one attached hydrogen (secondary N) is 1. The Kier molecular flexibility index (Phi) is 4.03. The van der Waals surface area contributed by atoms with E-state index in [2.05, 4.69) is 22.7 Å². The van der Waals surface area contributed by atoms with Gasteiger partial charge in [0, 0.05) is 31.3 Å². The van der Waals surface area contributed by atoms with Crippen LogP contribution in [-0.2, 0) is 19.9 Å². The lowest BCUT2D eigenvalue weighted by Crippen LogP contribution is -2.37. The van der Waals surface area contributed by atoms with E-state index in [1.807, 2.05) is 36.0 Å². The lowest BCUT2D eigenvalue weighted by molar-refractivity contribution is 0.445. The Hall–Kier alpha value is -2.11. The van der Waals surface area contributed by atoms with E-state index in [9.17, 15) is 0 Å². The molecular formula is C16H20N4O. The minimum Gasteiger partial charge on any atom is -0.469 e. The third-order valence-corrected chi connectivity index (χ3v) is 3.83. The number of fused-ring (bicyclic) bond motifs is 1. The Labute approximate surface area is 123 Å². The summed E-state index contributed by atoms with van der Waals surface area (Å²) in [6.07, 6.45) is 4.28. The first kappa shape index (κ1) is 13.9. The maximum Gasteiger partial charge on any atom is 0.103 e. The number of aromatic nitrogens is 2. The van der Waals surface area contributed by atoms with Crippen LogP contribution in [0.4, 0.5) is 0 Å². The molecule has 0 aliphatic carbocycles. The standard InChI is InChI=1S/C16H20N4O/c1-20-16-7-3-2-6-14(16)15(19-20)11-12(18-17)8-9-13-5-4-10-21-13/h2-7,10,12,18H,8-9,11,17H2,1H3. The van der Waals surface area contributed by atoms with E-state index in [-0.39, 0.29) is 6.04 Å². The van der Waals surface area contributed by atoms with Gasteiger partial charge in [0.15, 0.2) is 0 Å². The predicted octanol–water partition coefficient (Wildman–Crippen LogP) is 2.17. The average molecular weight is 284 g/mol. The normalized spacial score (nSPS) is 12.9. The topological polar surface area (TPSA) is 69.0 Å². The molecule has 0 aliphatic rings. The molecule has 0 fully saturated rings. The van der Waals surface area contributed by atoms with E-state index >= 15 is 0 Å². The minimum atomic E-state index is 0.174. The van der Waals surface area contributed by atoms with Gasteiger partial charge in [0.2, 0.25) is 0 Å². The highest BCUT2D eigenvalue weighted by atomic mass is 16.3. The first-order chi connectivity index (χ1) is 10.3. The highest BCUT2D eigenvalue weighted by Gasteiger charge is 2.14. The van der Waals surface area contributed by atoms with E-state index in [1.54, 1.807) is 6.26 Å². The van der Waals surface area contributed by atoms with Crippen molar-refractivity contribution < 1.29 is 4.42 Å². The van der Waals surface area contributed by atoms with E-state index in [0.717, 1.165) is 36.2 Å². The van der Waals surface area contributed by atoms with Gasteiger partial charge in [-0.1, -0.05) is 18.2 Å². The van der Waals surface area contributed by atoms with Gasteiger partial charge in [0.1, 0.15) is 5.76 Å². The first-order valence-electron chi connectivity index (χ1n) is 7.17. The van der Waals surface area contributed by atoms with Crippen molar-refractivity contribution >= 4 is 10.9 Å². The van der Waals surface area contributed by atoms with Crippen molar-refractivity contribution in [2.45, 2.75) is 25.3 Å². The van der Waals surface area contributed by atoms with Crippen LogP contribution in [0.15, 0.2) is 47.1 Å². The molecule has 3 rings (SSSR count). The Morgan fingerprint density at radius 1 is 1.29 bits per heavy atom. The molecule has 1 atom stereocenters. The maximum atomic E-state index is 5.70. The van der Waals surface area contributed by atoms with Gasteiger partial charge in [-0.25, -0.2) is 0 Å². The molecule has 5 heteroatoms. The number of nitrogens with zero attached hydrogens (tertiary/aromatic N) is 2. The molecule has 1 aromatic carbocycles. The molecule has 2 aromatic heterocycles. The van der Waals surface area contributed by atoms with Crippen molar-refractivity contribution in [3.05, 3.63) is 54.1 Å². The number of benzene rings is 1. The van der Waals surface area contributed by atoms with Crippen LogP contribution in [0.1, 0.15) is 17.9 Å². The number of hydrazine groups is 1. The maximum absolute atomic E-state index is 5.70. The molecular weight excluding hydrogens is 264 g/mol. The van der Waals surface area contributed by atoms with Gasteiger partial charge in [-0.2, -0.15) is 5.10 Å². The summed E-state index contributed by atoms with van der Waals surface area (Å²) in [5.74, 6) is 6.68. The Bertz CT molecular complexity index is 702. The first-order valence-corrected chi connectivity index (χ1v) is 7.17. The zero-order valence-electron chi connectivity index (χ0n) is 12.1. The largest absolute Gasteiger partial charge is 0.469 e. The van der Waals surface area contributed by atoms with E-state index in [1.165, 1.54) is 5.39 Å². The summed E-state index contributed by atoms with van der Waals surface area (Å²) in [5, 5.41) is 5.81. The Morgan fingerprint density at radius 2 is 2.14 bits per heavy atom. The Morgan fingerprint density at radius 3 is 2.90 bits per heavy atom. The summed E-state index contributed by atoms with van der Waals surface area (Å²) in [7, 11) is 1.97. The molecule has 0 saturated heterocycles. The van der Waals surface area contributed by atoms with Crippen LogP contribution >= 0.6 is 0 Å². The van der Waals surface area contributed by atoms with Gasteiger partial charge in [-0.05, 0) is 24.6 Å². The number of hydrogen-bond acceptors (Lipinski definition) is 4. The molecule has 1 unspecified atom stereocenters. The summed E-state index contributed by atoms with van der Waals surface area (Å²) in [6, 6.07) is 12.3. The number of nitrogens with two attached hydrogens (primary N) is 1. The van der Waals surface area contributed by atoms with Crippen LogP contribution in [0.2, 0.25) is 0 Å². The summed E-state index contributed by atoms with van der Waals surface area (Å²) < 4.78 is 7.29. The molecule has 3 aromatic rings. The number of rotatable bonds is 6. The fourth-order valence-electron chi connectivity index (χ4n) is 2.69. The number of para-hydroxylation sites is 1. The van der Waals surface area contributed by atoms with Crippen molar-refractivity contribution in [2.24, 2.45) is 12.9 Å². The third kappa shape index (κ3) is 2.99. The fourth-order valence-corrected chi connectivity index (χ4v) is 2.69. The zero-order chi connectivity index (χ0) is 14.7. The van der Waals surface area contributed by atoms with Crippen molar-refractivity contribution in [1.82, 2.24) is 15.2 Å². The van der Waals surface area contributed by atoms with Crippen LogP contribution < -0.4 is 11.3 Å². The summed E-state index contributed by atoms with van der Waals surface area (Å²) >= 11 is 0. The lowest BCUT2D eigenvalue weighted by Gasteiger charge is -2.13. The molecule has 3 N–H and O–H groups in total. The van der Waals surface area contributed by atoms with Crippen LogP contribution in [-0.4, -0.2) is 15.8 Å². The lowest BCUT2D eigenvalue weighted by atomic mass is 10.0. The monoisotopic (exact) mass is 284 g/mol. The summed E-state index contributed by atoms with van der Waals surface area (Å²) in [5.41, 5.74) is 5.12. The molecule has 0 aliphatic heterocycles. The van der Waals surface area contributed by atoms with Crippen molar-refractivity contribution in [1.29, 1.82) is 0 Å². The molecule has 0 spiro atoms. The predicted molar refractivity (Wildman–Crippen MR) is 82.6 cm³/mol. The number of furan rings is 1. The highest BCUT2D eigenvalue weighted by Crippen LogP contribution is 2.19. The second kappa shape index (κ2) is 6.11. The van der Waals surface area contributed by atoms with Crippen LogP contribution in [0, 0.1) is 0 Å². The quantitative estimate of drug-likeness (QED) is 0.537. The molecule has 110 valence electrons. The van der Waals surface area contributed by atoms with Crippen molar-refractivity contribution in [3.63, 3.8) is 0 Å². The van der Waals surface area contributed by atoms with Crippen LogP contribution in [0.5, 0.6) is 0 Å². The van der Waals surface area contributed by atoms with Crippen LogP contribution in [0.3, 0.4) is 0 Å². The SMILES string of the molecule is Cn1nc(CC(CCc2ccco2)NN)c2ccccc21. The van der Waals surface area contributed by atoms with Gasteiger partial charge in [-0.15, -0.1) is 0 Å². The van der Waals surface area contributed by atoms with Crippen molar-refractivity contribution in [2.75, 3.05) is 0 Å². The van der Waals surface area contributed by atoms with Gasteiger partial charge < -0.3 is 4.42 Å². The van der Waals surface area contributed by atoms with Gasteiger partial charge in [0.25, 0.3) is 0 Å². The smallest absolute Gasteiger partial charge is 0.103 e. The molecule has 2 heterocycles. The molecule has 0 radical (unpaired) electrons. The fraction of sp³-hybridized carbons (Fsp3) is 0.312. The number of aryl methyl sites for hydroxylation is 2. The Balaban J connectivity index is 1.73. The molecule has 5 nitrogen and oxygen atoms in total. The molecule has 0 saturated carbocycles. The summed E-state index contributed by atoms with van der Waals surface area (Å²) in [6.45, 7) is 0. The van der Waals surface area contributed by atoms with E-state index < -0.39 is 0 Å². The average Bonchev–Trinajstić information content (AvgIpc) is 3.13. The van der Waals surface area contributed by atoms with Gasteiger partial charge >= 0.3 is 0 Å². The third-order valence-electron chi connectivity index (χ3n) is 3.83. The van der Waals surface area contributed by atoms with Crippen LogP contribution in [0.25, 0.3) is 10.9 Å². The second-order valence-electron chi connectivity index (χ2n) is 5.27. The summed E-state index contributed by atoms with van der Waals surface area (Å²) in [4.78, 5) is 0.